The quantitative estimate of drug-likeness (QED) is 0.286. The minimum atomic E-state index is -4.66. The molecule has 3 heterocycles. The van der Waals surface area contributed by atoms with Crippen LogP contribution in [0.15, 0.2) is 71.3 Å². The van der Waals surface area contributed by atoms with E-state index in [1.54, 1.807) is 48.5 Å². The van der Waals surface area contributed by atoms with Crippen molar-refractivity contribution in [1.29, 1.82) is 0 Å². The molecule has 3 N–H and O–H groups in total. The highest BCUT2D eigenvalue weighted by atomic mass is 19.4. The number of furan rings is 1. The molecule has 2 aromatic heterocycles. The van der Waals surface area contributed by atoms with E-state index in [-0.39, 0.29) is 29.2 Å². The van der Waals surface area contributed by atoms with Crippen molar-refractivity contribution in [3.05, 3.63) is 89.3 Å². The maximum absolute atomic E-state index is 14.0. The number of pyridine rings is 1. The molecule has 1 saturated heterocycles. The van der Waals surface area contributed by atoms with E-state index in [4.69, 9.17) is 10.2 Å². The number of carbonyl (C=O) groups is 2. The van der Waals surface area contributed by atoms with Crippen LogP contribution in [-0.2, 0) is 17.5 Å². The van der Waals surface area contributed by atoms with Crippen molar-refractivity contribution in [2.24, 2.45) is 0 Å². The van der Waals surface area contributed by atoms with Gasteiger partial charge in [-0.15, -0.1) is 0 Å². The van der Waals surface area contributed by atoms with E-state index in [1.165, 1.54) is 18.3 Å². The largest absolute Gasteiger partial charge is 0.459 e. The zero-order valence-corrected chi connectivity index (χ0v) is 21.5. The zero-order valence-electron chi connectivity index (χ0n) is 21.5. The van der Waals surface area contributed by atoms with Gasteiger partial charge in [0, 0.05) is 36.3 Å². The Morgan fingerprint density at radius 3 is 2.42 bits per heavy atom. The lowest BCUT2D eigenvalue weighted by Gasteiger charge is -2.26. The number of piperidine rings is 1. The van der Waals surface area contributed by atoms with Crippen LogP contribution < -0.4 is 11.1 Å². The first-order chi connectivity index (χ1) is 19.2. The number of likely N-dealkylation sites (tertiary alicyclic amines) is 1. The predicted octanol–water partition coefficient (Wildman–Crippen LogP) is 6.05. The van der Waals surface area contributed by atoms with Gasteiger partial charge in [0.05, 0.1) is 12.1 Å². The van der Waals surface area contributed by atoms with Gasteiger partial charge in [-0.1, -0.05) is 12.1 Å². The summed E-state index contributed by atoms with van der Waals surface area (Å²) >= 11 is 0. The van der Waals surface area contributed by atoms with Crippen LogP contribution in [0.3, 0.4) is 0 Å². The van der Waals surface area contributed by atoms with Gasteiger partial charge < -0.3 is 20.4 Å². The van der Waals surface area contributed by atoms with Gasteiger partial charge in [-0.3, -0.25) is 9.59 Å². The van der Waals surface area contributed by atoms with Gasteiger partial charge in [-0.05, 0) is 84.5 Å². The Kier molecular flexibility index (Phi) is 7.59. The van der Waals surface area contributed by atoms with E-state index < -0.39 is 17.6 Å². The molecule has 4 aromatic rings. The monoisotopic (exact) mass is 548 g/mol. The summed E-state index contributed by atoms with van der Waals surface area (Å²) in [5.74, 6) is 0.0104. The number of fused-ring (bicyclic) bond motifs is 1. The minimum absolute atomic E-state index is 0.0702. The SMILES string of the molecule is Nc1ccc(C=CC(=O)NCc2cc3cc(-c4ccc(C(=O)N5CCCCC5)cc4)cc(C(F)(F)F)c3o2)cn1. The number of nitrogens with one attached hydrogen (secondary N) is 1. The first-order valence-corrected chi connectivity index (χ1v) is 12.9. The topological polar surface area (TPSA) is 101 Å². The Labute approximate surface area is 228 Å². The van der Waals surface area contributed by atoms with Crippen LogP contribution in [0.5, 0.6) is 0 Å². The number of alkyl halides is 3. The Morgan fingerprint density at radius 1 is 1.00 bits per heavy atom. The summed E-state index contributed by atoms with van der Waals surface area (Å²) in [5, 5.41) is 2.86. The lowest BCUT2D eigenvalue weighted by atomic mass is 9.99. The van der Waals surface area contributed by atoms with Crippen molar-refractivity contribution in [2.75, 3.05) is 18.8 Å². The molecule has 0 spiro atoms. The minimum Gasteiger partial charge on any atom is -0.459 e. The Morgan fingerprint density at radius 2 is 1.75 bits per heavy atom. The molecule has 2 aromatic carbocycles. The number of nitrogen functional groups attached to an aromatic ring is 1. The molecule has 1 aliphatic heterocycles. The number of amides is 2. The molecule has 206 valence electrons. The second kappa shape index (κ2) is 11.3. The molecule has 0 unspecified atom stereocenters. The number of carbonyl (C=O) groups excluding carboxylic acids is 2. The fraction of sp³-hybridized carbons (Fsp3) is 0.233. The number of nitrogens with zero attached hydrogens (tertiary/aromatic N) is 2. The summed E-state index contributed by atoms with van der Waals surface area (Å²) in [4.78, 5) is 30.7. The second-order valence-electron chi connectivity index (χ2n) is 9.65. The van der Waals surface area contributed by atoms with Gasteiger partial charge in [0.15, 0.2) is 0 Å². The number of benzene rings is 2. The summed E-state index contributed by atoms with van der Waals surface area (Å²) in [7, 11) is 0. The van der Waals surface area contributed by atoms with Crippen LogP contribution in [-0.4, -0.2) is 34.8 Å². The van der Waals surface area contributed by atoms with Crippen LogP contribution in [0, 0.1) is 0 Å². The first-order valence-electron chi connectivity index (χ1n) is 12.9. The molecular formula is C30H27F3N4O3. The van der Waals surface area contributed by atoms with Gasteiger partial charge in [-0.2, -0.15) is 13.2 Å². The van der Waals surface area contributed by atoms with Crippen LogP contribution >= 0.6 is 0 Å². The fourth-order valence-electron chi connectivity index (χ4n) is 4.68. The van der Waals surface area contributed by atoms with Gasteiger partial charge >= 0.3 is 6.18 Å². The third-order valence-electron chi connectivity index (χ3n) is 6.75. The molecule has 0 atom stereocenters. The van der Waals surface area contributed by atoms with Crippen LogP contribution in [0.1, 0.15) is 46.5 Å². The van der Waals surface area contributed by atoms with Crippen molar-refractivity contribution in [2.45, 2.75) is 32.0 Å². The molecule has 0 bridgehead atoms. The van der Waals surface area contributed by atoms with E-state index in [0.29, 0.717) is 41.2 Å². The number of rotatable bonds is 6. The standard InChI is InChI=1S/C30H27F3N4O3/c31-30(32,33)25-16-22(20-6-8-21(9-7-20)29(39)37-12-2-1-3-13-37)14-23-15-24(40-28(23)25)18-36-27(38)11-5-19-4-10-26(34)35-17-19/h4-11,14-17H,1-3,12-13,18H2,(H2,34,35)(H,36,38). The summed E-state index contributed by atoms with van der Waals surface area (Å²) < 4.78 is 47.5. The summed E-state index contributed by atoms with van der Waals surface area (Å²) in [6.07, 6.45) is 2.72. The molecular weight excluding hydrogens is 521 g/mol. The second-order valence-corrected chi connectivity index (χ2v) is 9.65. The van der Waals surface area contributed by atoms with Crippen molar-refractivity contribution in [1.82, 2.24) is 15.2 Å². The zero-order chi connectivity index (χ0) is 28.3. The lowest BCUT2D eigenvalue weighted by molar-refractivity contribution is -0.136. The van der Waals surface area contributed by atoms with E-state index >= 15 is 0 Å². The fourth-order valence-corrected chi connectivity index (χ4v) is 4.68. The van der Waals surface area contributed by atoms with Crippen molar-refractivity contribution < 1.29 is 27.2 Å². The van der Waals surface area contributed by atoms with Crippen LogP contribution in [0.2, 0.25) is 0 Å². The molecule has 0 saturated carbocycles. The predicted molar refractivity (Wildman–Crippen MR) is 146 cm³/mol. The van der Waals surface area contributed by atoms with Gasteiger partial charge in [0.2, 0.25) is 5.91 Å². The molecule has 40 heavy (non-hydrogen) atoms. The number of hydrogen-bond acceptors (Lipinski definition) is 5. The van der Waals surface area contributed by atoms with Crippen LogP contribution in [0.4, 0.5) is 19.0 Å². The van der Waals surface area contributed by atoms with E-state index in [1.807, 2.05) is 4.90 Å². The maximum atomic E-state index is 14.0. The van der Waals surface area contributed by atoms with E-state index in [2.05, 4.69) is 10.3 Å². The maximum Gasteiger partial charge on any atom is 0.420 e. The highest BCUT2D eigenvalue weighted by Gasteiger charge is 2.35. The molecule has 10 heteroatoms. The molecule has 0 radical (unpaired) electrons. The van der Waals surface area contributed by atoms with Gasteiger partial charge in [0.1, 0.15) is 17.2 Å². The molecule has 1 aliphatic rings. The Balaban J connectivity index is 1.35. The van der Waals surface area contributed by atoms with Crippen molar-refractivity contribution in [3.8, 4) is 11.1 Å². The van der Waals surface area contributed by atoms with Crippen LogP contribution in [0.25, 0.3) is 28.2 Å². The lowest BCUT2D eigenvalue weighted by Crippen LogP contribution is -2.35. The Hall–Kier alpha value is -4.60. The summed E-state index contributed by atoms with van der Waals surface area (Å²) in [5.41, 5.74) is 6.37. The first kappa shape index (κ1) is 27.0. The number of nitrogens with two attached hydrogens (primary N) is 1. The molecule has 0 aliphatic carbocycles. The molecule has 1 fully saturated rings. The third-order valence-corrected chi connectivity index (χ3v) is 6.75. The smallest absolute Gasteiger partial charge is 0.420 e. The number of halogens is 3. The van der Waals surface area contributed by atoms with Crippen molar-refractivity contribution in [3.63, 3.8) is 0 Å². The van der Waals surface area contributed by atoms with Gasteiger partial charge in [0.25, 0.3) is 5.91 Å². The Bertz CT molecular complexity index is 1550. The third kappa shape index (κ3) is 6.17. The average Bonchev–Trinajstić information content (AvgIpc) is 3.38. The normalized spacial score (nSPS) is 14.1. The van der Waals surface area contributed by atoms with E-state index in [9.17, 15) is 22.8 Å². The van der Waals surface area contributed by atoms with Gasteiger partial charge in [-0.25, -0.2) is 4.98 Å². The summed E-state index contributed by atoms with van der Waals surface area (Å²) in [6.45, 7) is 1.33. The highest BCUT2D eigenvalue weighted by molar-refractivity contribution is 5.95. The van der Waals surface area contributed by atoms with Crippen molar-refractivity contribution >= 4 is 34.7 Å². The average molecular weight is 549 g/mol. The number of aromatic nitrogens is 1. The molecule has 5 rings (SSSR count). The highest BCUT2D eigenvalue weighted by Crippen LogP contribution is 2.39. The summed E-state index contributed by atoms with van der Waals surface area (Å²) in [6, 6.07) is 14.0. The number of hydrogen-bond donors (Lipinski definition) is 2. The molecule has 2 amide bonds. The number of anilines is 1. The van der Waals surface area contributed by atoms with E-state index in [0.717, 1.165) is 25.3 Å². The molecule has 7 nitrogen and oxygen atoms in total.